The number of hydrogen-bond acceptors (Lipinski definition) is 4. The average molecular weight is 194 g/mol. The fraction of sp³-hybridized carbons (Fsp3) is 0.333. The molecule has 0 aliphatic carbocycles. The van der Waals surface area contributed by atoms with Crippen molar-refractivity contribution in [2.75, 3.05) is 0 Å². The first kappa shape index (κ1) is 18.2. The summed E-state index contributed by atoms with van der Waals surface area (Å²) in [6.45, 7) is 0. The molecule has 0 saturated heterocycles. The minimum absolute atomic E-state index is 0. The molecule has 0 spiro atoms. The summed E-state index contributed by atoms with van der Waals surface area (Å²) in [5.74, 6) is -4.26. The monoisotopic (exact) mass is 194 g/mol. The third-order valence-corrected chi connectivity index (χ3v) is 0.424. The fourth-order valence-electron chi connectivity index (χ4n) is 0.101. The van der Waals surface area contributed by atoms with Gasteiger partial charge >= 0.3 is 32.3 Å². The van der Waals surface area contributed by atoms with Crippen molar-refractivity contribution in [3.05, 3.63) is 0 Å². The third kappa shape index (κ3) is 18.4. The number of carboxylic acids is 2. The summed E-state index contributed by atoms with van der Waals surface area (Å²) >= 11 is 0. The van der Waals surface area contributed by atoms with Gasteiger partial charge in [-0.2, -0.15) is 0 Å². The molecular formula is C3H3BF3LiO5. The molecule has 0 saturated carbocycles. The van der Waals surface area contributed by atoms with Crippen molar-refractivity contribution in [3.8, 4) is 0 Å². The molecule has 13 heavy (non-hydrogen) atoms. The first-order valence-electron chi connectivity index (χ1n) is 2.33. The second-order valence-corrected chi connectivity index (χ2v) is 1.30. The van der Waals surface area contributed by atoms with Crippen LogP contribution in [0.1, 0.15) is 0 Å². The van der Waals surface area contributed by atoms with Gasteiger partial charge in [0.05, 0.1) is 5.97 Å². The van der Waals surface area contributed by atoms with Gasteiger partial charge in [-0.3, -0.25) is 8.63 Å². The van der Waals surface area contributed by atoms with Gasteiger partial charge in [0.15, 0.2) is 0 Å². The Kier molecular flexibility index (Phi) is 13.2. The normalized spacial score (nSPS) is 9.85. The second-order valence-electron chi connectivity index (χ2n) is 1.30. The number of rotatable bonds is 2. The zero-order valence-corrected chi connectivity index (χ0v) is 6.41. The number of aliphatic carboxylic acids is 2. The molecule has 0 aromatic heterocycles. The predicted molar refractivity (Wildman–Crippen MR) is 27.7 cm³/mol. The number of carbonyl (C=O) groups is 2. The van der Waals surface area contributed by atoms with Gasteiger partial charge in [0, 0.05) is 0 Å². The van der Waals surface area contributed by atoms with E-state index < -0.39 is 25.6 Å². The molecule has 1 unspecified atom stereocenters. The van der Waals surface area contributed by atoms with Crippen molar-refractivity contribution in [3.63, 3.8) is 0 Å². The van der Waals surface area contributed by atoms with Crippen LogP contribution < -0.4 is 24.0 Å². The maximum Gasteiger partial charge on any atom is 1.00 e. The van der Waals surface area contributed by atoms with Crippen LogP contribution in [-0.2, 0) is 9.59 Å². The fourth-order valence-corrected chi connectivity index (χ4v) is 0.101. The van der Waals surface area contributed by atoms with Crippen molar-refractivity contribution in [2.24, 2.45) is 0 Å². The Bertz CT molecular complexity index is 150. The van der Waals surface area contributed by atoms with Gasteiger partial charge in [0.25, 0.3) is 0 Å². The van der Waals surface area contributed by atoms with Crippen LogP contribution in [0.3, 0.4) is 0 Å². The molecule has 0 aliphatic rings. The van der Waals surface area contributed by atoms with Crippen molar-refractivity contribution >= 4 is 19.4 Å². The zero-order valence-electron chi connectivity index (χ0n) is 6.41. The van der Waals surface area contributed by atoms with Crippen LogP contribution in [0.5, 0.6) is 0 Å². The number of alkyl halides is 1. The van der Waals surface area contributed by atoms with Gasteiger partial charge in [0.2, 0.25) is 6.17 Å². The van der Waals surface area contributed by atoms with Gasteiger partial charge in [-0.1, -0.05) is 0 Å². The van der Waals surface area contributed by atoms with Gasteiger partial charge in [-0.25, -0.2) is 9.18 Å². The van der Waals surface area contributed by atoms with Crippen LogP contribution >= 0.6 is 0 Å². The maximum absolute atomic E-state index is 11.4. The molecule has 1 atom stereocenters. The largest absolute Gasteiger partial charge is 1.00 e. The standard InChI is InChI=1S/C3H3FO4.BF2HO.Li/c4-1(2(5)6)3(7)8;2-1(3)4;/h1H,(H,5,6)(H,7,8);4H;/q;;+1/p-1. The second kappa shape index (κ2) is 9.44. The van der Waals surface area contributed by atoms with Crippen LogP contribution in [0.2, 0.25) is 0 Å². The molecule has 0 amide bonds. The summed E-state index contributed by atoms with van der Waals surface area (Å²) in [7, 11) is -3.17. The summed E-state index contributed by atoms with van der Waals surface area (Å²) in [6, 6.07) is 0. The first-order chi connectivity index (χ1) is 5.29. The average Bonchev–Trinajstić information content (AvgIpc) is 1.84. The number of halogens is 3. The van der Waals surface area contributed by atoms with Crippen LogP contribution in [0.15, 0.2) is 0 Å². The molecule has 10 heteroatoms. The summed E-state index contributed by atoms with van der Waals surface area (Å²) in [5, 5.41) is 23.6. The van der Waals surface area contributed by atoms with E-state index in [0.29, 0.717) is 0 Å². The van der Waals surface area contributed by atoms with E-state index in [9.17, 15) is 27.7 Å². The van der Waals surface area contributed by atoms with E-state index >= 15 is 0 Å². The number of carbonyl (C=O) groups excluding carboxylic acids is 1. The van der Waals surface area contributed by atoms with Crippen LogP contribution in [0.25, 0.3) is 0 Å². The number of carboxylic acid groups (broad SMARTS) is 2. The minimum Gasteiger partial charge on any atom is -0.546 e. The van der Waals surface area contributed by atoms with Crippen molar-refractivity contribution in [1.29, 1.82) is 0 Å². The molecule has 5 nitrogen and oxygen atoms in total. The molecule has 0 aromatic rings. The maximum atomic E-state index is 11.4. The van der Waals surface area contributed by atoms with Crippen molar-refractivity contribution in [1.82, 2.24) is 0 Å². The number of hydrogen-bond donors (Lipinski definition) is 2. The van der Waals surface area contributed by atoms with Gasteiger partial charge < -0.3 is 20.0 Å². The van der Waals surface area contributed by atoms with Crippen LogP contribution in [0, 0.1) is 0 Å². The molecule has 70 valence electrons. The van der Waals surface area contributed by atoms with Gasteiger partial charge in [-0.05, 0) is 0 Å². The van der Waals surface area contributed by atoms with E-state index in [-0.39, 0.29) is 18.9 Å². The summed E-state index contributed by atoms with van der Waals surface area (Å²) in [6.07, 6.45) is -2.91. The third-order valence-electron chi connectivity index (χ3n) is 0.424. The molecule has 0 radical (unpaired) electrons. The Balaban J connectivity index is -0.000000173. The molecule has 0 bridgehead atoms. The quantitative estimate of drug-likeness (QED) is 0.339. The Morgan fingerprint density at radius 3 is 1.62 bits per heavy atom. The van der Waals surface area contributed by atoms with E-state index in [0.717, 1.165) is 0 Å². The van der Waals surface area contributed by atoms with E-state index in [1.165, 1.54) is 0 Å². The van der Waals surface area contributed by atoms with E-state index in [1.807, 2.05) is 0 Å². The van der Waals surface area contributed by atoms with Gasteiger partial charge in [-0.15, -0.1) is 0 Å². The van der Waals surface area contributed by atoms with E-state index in [4.69, 9.17) is 10.1 Å². The summed E-state index contributed by atoms with van der Waals surface area (Å²) < 4.78 is 31.2. The predicted octanol–water partition coefficient (Wildman–Crippen LogP) is -4.93. The van der Waals surface area contributed by atoms with E-state index in [2.05, 4.69) is 0 Å². The molecule has 0 heterocycles. The van der Waals surface area contributed by atoms with Crippen LogP contribution in [-0.4, -0.2) is 35.7 Å². The Hall–Kier alpha value is -0.648. The summed E-state index contributed by atoms with van der Waals surface area (Å²) in [4.78, 5) is 18.6. The Morgan fingerprint density at radius 1 is 1.38 bits per heavy atom. The van der Waals surface area contributed by atoms with Crippen molar-refractivity contribution in [2.45, 2.75) is 6.17 Å². The Labute approximate surface area is 82.9 Å². The zero-order chi connectivity index (χ0) is 10.3. The van der Waals surface area contributed by atoms with Crippen LogP contribution in [0.4, 0.5) is 13.0 Å². The SMILES string of the molecule is O=C([O-])C(F)C(=O)O.OB(F)F.[Li+]. The molecular weight excluding hydrogens is 191 g/mol. The van der Waals surface area contributed by atoms with Crippen molar-refractivity contribution < 1.29 is 56.7 Å². The minimum atomic E-state index is -3.17. The molecule has 0 fully saturated rings. The van der Waals surface area contributed by atoms with E-state index in [1.54, 1.807) is 0 Å². The first-order valence-corrected chi connectivity index (χ1v) is 2.33. The molecule has 0 rings (SSSR count). The summed E-state index contributed by atoms with van der Waals surface area (Å²) in [5.41, 5.74) is 0. The Morgan fingerprint density at radius 2 is 1.62 bits per heavy atom. The molecule has 0 aliphatic heterocycles. The topological polar surface area (TPSA) is 97.7 Å². The molecule has 0 aromatic carbocycles. The smallest absolute Gasteiger partial charge is 0.546 e. The molecule has 2 N–H and O–H groups in total. The van der Waals surface area contributed by atoms with Gasteiger partial charge in [0.1, 0.15) is 0 Å².